The van der Waals surface area contributed by atoms with Crippen LogP contribution in [0.15, 0.2) is 11.4 Å². The largest absolute Gasteiger partial charge is 0.376 e. The summed E-state index contributed by atoms with van der Waals surface area (Å²) < 4.78 is 5.92. The summed E-state index contributed by atoms with van der Waals surface area (Å²) in [7, 11) is 1.84. The molecule has 1 N–H and O–H groups in total. The number of nitrogens with one attached hydrogen (secondary N) is 1. The van der Waals surface area contributed by atoms with Crippen LogP contribution in [0, 0.1) is 6.92 Å². The number of thiophene rings is 1. The summed E-state index contributed by atoms with van der Waals surface area (Å²) in [5.41, 5.74) is 1.31. The first-order valence-corrected chi connectivity index (χ1v) is 7.85. The van der Waals surface area contributed by atoms with Gasteiger partial charge in [-0.3, -0.25) is 0 Å². The fourth-order valence-electron chi connectivity index (χ4n) is 2.63. The molecule has 0 saturated heterocycles. The van der Waals surface area contributed by atoms with Gasteiger partial charge in [0, 0.05) is 12.0 Å². The molecule has 1 rings (SSSR count). The Morgan fingerprint density at radius 1 is 1.33 bits per heavy atom. The number of hydrogen-bond donors (Lipinski definition) is 1. The molecule has 1 atom stereocenters. The summed E-state index contributed by atoms with van der Waals surface area (Å²) in [4.78, 5) is 1.40. The number of methoxy groups -OCH3 is 1. The molecular formula is C15H27NOS. The zero-order valence-electron chi connectivity index (χ0n) is 12.4. The third-order valence-electron chi connectivity index (χ3n) is 3.94. The van der Waals surface area contributed by atoms with Crippen molar-refractivity contribution in [2.24, 2.45) is 0 Å². The lowest BCUT2D eigenvalue weighted by Gasteiger charge is -2.39. The van der Waals surface area contributed by atoms with Gasteiger partial charge in [-0.2, -0.15) is 0 Å². The Hall–Kier alpha value is -0.380. The third-order valence-corrected chi connectivity index (χ3v) is 4.80. The quantitative estimate of drug-likeness (QED) is 0.759. The van der Waals surface area contributed by atoms with E-state index in [1.54, 1.807) is 0 Å². The van der Waals surface area contributed by atoms with Crippen molar-refractivity contribution < 1.29 is 4.74 Å². The molecule has 104 valence electrons. The topological polar surface area (TPSA) is 21.3 Å². The minimum absolute atomic E-state index is 0.0962. The van der Waals surface area contributed by atoms with E-state index in [9.17, 15) is 0 Å². The summed E-state index contributed by atoms with van der Waals surface area (Å²) in [6.45, 7) is 9.87. The van der Waals surface area contributed by atoms with E-state index in [4.69, 9.17) is 4.74 Å². The molecule has 0 spiro atoms. The highest BCUT2D eigenvalue weighted by atomic mass is 32.1. The van der Waals surface area contributed by atoms with Crippen LogP contribution in [-0.4, -0.2) is 19.3 Å². The maximum atomic E-state index is 5.92. The van der Waals surface area contributed by atoms with Crippen molar-refractivity contribution in [3.63, 3.8) is 0 Å². The van der Waals surface area contributed by atoms with Gasteiger partial charge in [-0.05, 0) is 49.7 Å². The molecule has 0 aromatic carbocycles. The molecule has 2 nitrogen and oxygen atoms in total. The van der Waals surface area contributed by atoms with Crippen LogP contribution in [0.5, 0.6) is 0 Å². The lowest BCUT2D eigenvalue weighted by atomic mass is 9.84. The molecule has 0 aliphatic rings. The molecule has 0 aliphatic carbocycles. The van der Waals surface area contributed by atoms with Crippen LogP contribution in [-0.2, 0) is 4.74 Å². The van der Waals surface area contributed by atoms with Crippen molar-refractivity contribution in [3.8, 4) is 0 Å². The van der Waals surface area contributed by atoms with Crippen LogP contribution in [0.1, 0.15) is 56.5 Å². The molecular weight excluding hydrogens is 242 g/mol. The third kappa shape index (κ3) is 3.14. The molecule has 1 aromatic heterocycles. The first-order valence-electron chi connectivity index (χ1n) is 6.97. The Bertz CT molecular complexity index is 336. The smallest absolute Gasteiger partial charge is 0.0867 e. The molecule has 0 aliphatic heterocycles. The van der Waals surface area contributed by atoms with E-state index in [0.29, 0.717) is 6.04 Å². The van der Waals surface area contributed by atoms with Gasteiger partial charge < -0.3 is 10.1 Å². The second-order valence-electron chi connectivity index (χ2n) is 4.80. The SMILES string of the molecule is CCCNC(c1ccsc1C)C(CC)(CC)OC. The second-order valence-corrected chi connectivity index (χ2v) is 5.92. The summed E-state index contributed by atoms with van der Waals surface area (Å²) >= 11 is 1.82. The van der Waals surface area contributed by atoms with Crippen LogP contribution in [0.25, 0.3) is 0 Å². The predicted octanol–water partition coefficient (Wildman–Crippen LogP) is 4.30. The molecule has 0 amide bonds. The average Bonchev–Trinajstić information content (AvgIpc) is 2.81. The highest BCUT2D eigenvalue weighted by molar-refractivity contribution is 7.10. The van der Waals surface area contributed by atoms with Crippen molar-refractivity contribution >= 4 is 11.3 Å². The van der Waals surface area contributed by atoms with Gasteiger partial charge in [0.25, 0.3) is 0 Å². The highest BCUT2D eigenvalue weighted by Crippen LogP contribution is 2.37. The minimum atomic E-state index is -0.0962. The lowest BCUT2D eigenvalue weighted by Crippen LogP contribution is -2.45. The normalized spacial score (nSPS) is 13.8. The van der Waals surface area contributed by atoms with Gasteiger partial charge in [0.1, 0.15) is 0 Å². The van der Waals surface area contributed by atoms with Gasteiger partial charge in [-0.1, -0.05) is 20.8 Å². The van der Waals surface area contributed by atoms with Crippen LogP contribution in [0.4, 0.5) is 0 Å². The molecule has 1 unspecified atom stereocenters. The van der Waals surface area contributed by atoms with Crippen molar-refractivity contribution in [2.45, 2.75) is 58.6 Å². The fourth-order valence-corrected chi connectivity index (χ4v) is 3.37. The van der Waals surface area contributed by atoms with E-state index in [2.05, 4.69) is 44.5 Å². The molecule has 18 heavy (non-hydrogen) atoms. The fraction of sp³-hybridized carbons (Fsp3) is 0.733. The number of hydrogen-bond acceptors (Lipinski definition) is 3. The predicted molar refractivity (Wildman–Crippen MR) is 80.4 cm³/mol. The first kappa shape index (κ1) is 15.7. The van der Waals surface area contributed by atoms with E-state index < -0.39 is 0 Å². The molecule has 1 heterocycles. The van der Waals surface area contributed by atoms with Gasteiger partial charge in [0.05, 0.1) is 11.6 Å². The van der Waals surface area contributed by atoms with Gasteiger partial charge >= 0.3 is 0 Å². The van der Waals surface area contributed by atoms with E-state index in [1.807, 2.05) is 18.4 Å². The summed E-state index contributed by atoms with van der Waals surface area (Å²) in [6, 6.07) is 2.54. The molecule has 3 heteroatoms. The number of rotatable bonds is 8. The Morgan fingerprint density at radius 2 is 2.00 bits per heavy atom. The maximum absolute atomic E-state index is 5.92. The minimum Gasteiger partial charge on any atom is -0.376 e. The number of ether oxygens (including phenoxy) is 1. The summed E-state index contributed by atoms with van der Waals surface area (Å²) in [6.07, 6.45) is 3.19. The van der Waals surface area contributed by atoms with Crippen LogP contribution in [0.2, 0.25) is 0 Å². The molecule has 0 bridgehead atoms. The Morgan fingerprint density at radius 3 is 2.39 bits per heavy atom. The lowest BCUT2D eigenvalue weighted by molar-refractivity contribution is -0.0485. The second kappa shape index (κ2) is 7.27. The molecule has 0 fully saturated rings. The van der Waals surface area contributed by atoms with E-state index in [0.717, 1.165) is 25.8 Å². The molecule has 0 radical (unpaired) electrons. The monoisotopic (exact) mass is 269 g/mol. The zero-order chi connectivity index (χ0) is 13.6. The summed E-state index contributed by atoms with van der Waals surface area (Å²) in [5.74, 6) is 0. The van der Waals surface area contributed by atoms with Gasteiger partial charge in [-0.15, -0.1) is 11.3 Å². The standard InChI is InChI=1S/C15H27NOS/c1-6-10-16-14(13-9-11-18-12(13)4)15(7-2,8-3)17-5/h9,11,14,16H,6-8,10H2,1-5H3. The summed E-state index contributed by atoms with van der Waals surface area (Å²) in [5, 5.41) is 5.87. The van der Waals surface area contributed by atoms with Crippen molar-refractivity contribution in [1.29, 1.82) is 0 Å². The van der Waals surface area contributed by atoms with Crippen LogP contribution < -0.4 is 5.32 Å². The Balaban J connectivity index is 3.07. The van der Waals surface area contributed by atoms with Gasteiger partial charge in [0.15, 0.2) is 0 Å². The van der Waals surface area contributed by atoms with Gasteiger partial charge in [-0.25, -0.2) is 0 Å². The number of aryl methyl sites for hydroxylation is 1. The first-order chi connectivity index (χ1) is 8.65. The highest BCUT2D eigenvalue weighted by Gasteiger charge is 2.37. The van der Waals surface area contributed by atoms with E-state index in [1.165, 1.54) is 10.4 Å². The van der Waals surface area contributed by atoms with Crippen LogP contribution in [0.3, 0.4) is 0 Å². The average molecular weight is 269 g/mol. The van der Waals surface area contributed by atoms with Crippen molar-refractivity contribution in [3.05, 3.63) is 21.9 Å². The van der Waals surface area contributed by atoms with E-state index >= 15 is 0 Å². The zero-order valence-corrected chi connectivity index (χ0v) is 13.2. The maximum Gasteiger partial charge on any atom is 0.0867 e. The Labute approximate surface area is 116 Å². The Kier molecular flexibility index (Phi) is 6.33. The molecule has 1 aromatic rings. The molecule has 0 saturated carbocycles. The van der Waals surface area contributed by atoms with Crippen molar-refractivity contribution in [2.75, 3.05) is 13.7 Å². The van der Waals surface area contributed by atoms with E-state index in [-0.39, 0.29) is 5.60 Å². The van der Waals surface area contributed by atoms with Gasteiger partial charge in [0.2, 0.25) is 0 Å². The van der Waals surface area contributed by atoms with Crippen LogP contribution >= 0.6 is 11.3 Å². The van der Waals surface area contributed by atoms with Crippen molar-refractivity contribution in [1.82, 2.24) is 5.32 Å².